The van der Waals surface area contributed by atoms with Gasteiger partial charge in [0.05, 0.1) is 39.1 Å². The number of rotatable bonds is 6. The molecular weight excluding hydrogens is 720 g/mol. The molecule has 2 aromatic carbocycles. The van der Waals surface area contributed by atoms with Crippen LogP contribution in [0, 0.1) is 28.9 Å². The molecule has 270 valence electrons. The fraction of sp³-hybridized carbons (Fsp3) is 0.514. The van der Waals surface area contributed by atoms with E-state index in [-0.39, 0.29) is 83.7 Å². The molecule has 0 saturated carbocycles. The van der Waals surface area contributed by atoms with Crippen molar-refractivity contribution < 1.29 is 26.7 Å². The summed E-state index contributed by atoms with van der Waals surface area (Å²) in [5, 5.41) is 10.5. The van der Waals surface area contributed by atoms with Gasteiger partial charge in [-0.1, -0.05) is 24.6 Å². The van der Waals surface area contributed by atoms with Crippen molar-refractivity contribution in [1.29, 1.82) is 5.26 Å². The minimum atomic E-state index is -3.45. The van der Waals surface area contributed by atoms with Gasteiger partial charge in [-0.25, -0.2) is 21.9 Å². The summed E-state index contributed by atoms with van der Waals surface area (Å²) in [5.74, 6) is -0.305. The standard InChI is InChI=1S/C35H38ClF2N7O4S2/c1-18-14-35(9-4-10-44(35)16-18)17-49-34-41-29-26-30(48-12-8-20-13-19(43-51(2,46)47)5-3-11-45(20)33(26)42-34)27(36)25(28(29)38)21-6-7-23(37)31-24(21)22(15-39)32(40)50-31/h6-7,18-20,43H,3-5,8-14,16-17,40H2,1-2H3/t18-,19?,20?,35?/m1/s1. The predicted octanol–water partition coefficient (Wildman–Crippen LogP) is 6.21. The molecule has 0 aliphatic carbocycles. The number of nitrogens with one attached hydrogen (secondary N) is 1. The van der Waals surface area contributed by atoms with Gasteiger partial charge in [0.2, 0.25) is 10.0 Å². The largest absolute Gasteiger partial charge is 0.491 e. The van der Waals surface area contributed by atoms with Crippen molar-refractivity contribution in [3.63, 3.8) is 0 Å². The van der Waals surface area contributed by atoms with Crippen molar-refractivity contribution in [2.24, 2.45) is 5.92 Å². The van der Waals surface area contributed by atoms with Crippen LogP contribution in [0.1, 0.15) is 57.4 Å². The maximum Gasteiger partial charge on any atom is 0.319 e. The average molecular weight is 758 g/mol. The van der Waals surface area contributed by atoms with Crippen LogP contribution in [0.4, 0.5) is 19.6 Å². The van der Waals surface area contributed by atoms with Crippen LogP contribution in [0.15, 0.2) is 12.1 Å². The number of halogens is 3. The summed E-state index contributed by atoms with van der Waals surface area (Å²) in [5.41, 5.74) is 6.03. The highest BCUT2D eigenvalue weighted by molar-refractivity contribution is 7.88. The first-order valence-electron chi connectivity index (χ1n) is 17.3. The zero-order valence-electron chi connectivity index (χ0n) is 28.3. The number of benzene rings is 2. The molecule has 3 saturated heterocycles. The highest BCUT2D eigenvalue weighted by Crippen LogP contribution is 2.51. The summed E-state index contributed by atoms with van der Waals surface area (Å²) in [6.07, 6.45) is 6.44. The van der Waals surface area contributed by atoms with Gasteiger partial charge in [-0.15, -0.1) is 11.3 Å². The normalized spacial score (nSPS) is 25.2. The van der Waals surface area contributed by atoms with E-state index in [1.54, 1.807) is 0 Å². The summed E-state index contributed by atoms with van der Waals surface area (Å²) < 4.78 is 72.6. The summed E-state index contributed by atoms with van der Waals surface area (Å²) in [6, 6.07) is 4.16. The first kappa shape index (κ1) is 34.5. The van der Waals surface area contributed by atoms with E-state index in [0.29, 0.717) is 50.6 Å². The van der Waals surface area contributed by atoms with Crippen LogP contribution in [-0.4, -0.2) is 80.0 Å². The number of aromatic nitrogens is 2. The van der Waals surface area contributed by atoms with Crippen LogP contribution in [0.2, 0.25) is 5.02 Å². The number of nitrogens with zero attached hydrogens (tertiary/aromatic N) is 5. The predicted molar refractivity (Wildman–Crippen MR) is 194 cm³/mol. The molecule has 4 aliphatic rings. The third kappa shape index (κ3) is 5.93. The maximum absolute atomic E-state index is 17.4. The van der Waals surface area contributed by atoms with Crippen LogP contribution in [0.25, 0.3) is 32.1 Å². The molecule has 6 heterocycles. The van der Waals surface area contributed by atoms with Crippen molar-refractivity contribution >= 4 is 64.8 Å². The van der Waals surface area contributed by atoms with Crippen LogP contribution >= 0.6 is 22.9 Å². The Kier molecular flexibility index (Phi) is 8.69. The number of nitriles is 1. The monoisotopic (exact) mass is 757 g/mol. The third-order valence-electron chi connectivity index (χ3n) is 10.9. The lowest BCUT2D eigenvalue weighted by molar-refractivity contribution is 0.107. The van der Waals surface area contributed by atoms with Crippen LogP contribution in [0.3, 0.4) is 0 Å². The highest BCUT2D eigenvalue weighted by atomic mass is 35.5. The highest BCUT2D eigenvalue weighted by Gasteiger charge is 2.48. The molecule has 4 atom stereocenters. The van der Waals surface area contributed by atoms with E-state index < -0.39 is 21.7 Å². The van der Waals surface area contributed by atoms with E-state index in [1.807, 2.05) is 6.07 Å². The number of nitrogens with two attached hydrogens (primary N) is 1. The number of hydrogen-bond donors (Lipinski definition) is 2. The van der Waals surface area contributed by atoms with E-state index >= 15 is 8.78 Å². The van der Waals surface area contributed by atoms with Gasteiger partial charge in [0.1, 0.15) is 34.8 Å². The molecule has 8 rings (SSSR count). The second kappa shape index (κ2) is 12.8. The Morgan fingerprint density at radius 1 is 1.24 bits per heavy atom. The van der Waals surface area contributed by atoms with Crippen molar-refractivity contribution in [2.45, 2.75) is 69.5 Å². The van der Waals surface area contributed by atoms with Crippen LogP contribution in [-0.2, 0) is 10.0 Å². The molecule has 3 fully saturated rings. The molecule has 0 radical (unpaired) electrons. The molecule has 3 N–H and O–H groups in total. The SMILES string of the molecule is C[C@H]1CN2CCCC2(COc2nc3c4c(c(Cl)c(-c5ccc(F)c6sc(N)c(C#N)c56)c(F)c4n2)OCCC2CC(NS(C)(=O)=O)CCCN32)C1. The lowest BCUT2D eigenvalue weighted by atomic mass is 9.92. The summed E-state index contributed by atoms with van der Waals surface area (Å²) in [7, 11) is -3.45. The van der Waals surface area contributed by atoms with Gasteiger partial charge in [0.25, 0.3) is 0 Å². The number of sulfonamides is 1. The minimum Gasteiger partial charge on any atom is -0.491 e. The average Bonchev–Trinajstić information content (AvgIpc) is 3.66. The van der Waals surface area contributed by atoms with E-state index in [0.717, 1.165) is 49.9 Å². The van der Waals surface area contributed by atoms with Crippen molar-refractivity contribution in [1.82, 2.24) is 19.6 Å². The molecule has 0 bridgehead atoms. The Labute approximate surface area is 303 Å². The van der Waals surface area contributed by atoms with Gasteiger partial charge in [-0.05, 0) is 62.6 Å². The van der Waals surface area contributed by atoms with Gasteiger partial charge < -0.3 is 20.1 Å². The Bertz CT molecular complexity index is 2230. The molecule has 0 amide bonds. The molecule has 3 unspecified atom stereocenters. The second-order valence-electron chi connectivity index (χ2n) is 14.5. The Morgan fingerprint density at radius 3 is 2.84 bits per heavy atom. The topological polar surface area (TPSA) is 147 Å². The molecular formula is C35H38ClF2N7O4S2. The number of nitrogen functional groups attached to an aromatic ring is 1. The fourth-order valence-corrected chi connectivity index (χ4v) is 11.0. The number of fused-ring (bicyclic) bond motifs is 4. The summed E-state index contributed by atoms with van der Waals surface area (Å²) in [6.45, 7) is 5.28. The van der Waals surface area contributed by atoms with Crippen LogP contribution in [0.5, 0.6) is 11.8 Å². The van der Waals surface area contributed by atoms with Crippen molar-refractivity contribution in [3.05, 3.63) is 34.4 Å². The quantitative estimate of drug-likeness (QED) is 0.233. The van der Waals surface area contributed by atoms with Gasteiger partial charge in [0, 0.05) is 42.5 Å². The van der Waals surface area contributed by atoms with E-state index in [2.05, 4.69) is 21.4 Å². The third-order valence-corrected chi connectivity index (χ3v) is 13.1. The van der Waals surface area contributed by atoms with Crippen molar-refractivity contribution in [2.75, 3.05) is 49.7 Å². The fourth-order valence-electron chi connectivity index (χ4n) is 8.93. The summed E-state index contributed by atoms with van der Waals surface area (Å²) >= 11 is 8.02. The number of hydrogen-bond acceptors (Lipinski definition) is 11. The molecule has 11 nitrogen and oxygen atoms in total. The van der Waals surface area contributed by atoms with Gasteiger partial charge in [-0.2, -0.15) is 15.2 Å². The number of thiophene rings is 1. The zero-order chi connectivity index (χ0) is 35.8. The summed E-state index contributed by atoms with van der Waals surface area (Å²) in [4.78, 5) is 14.2. The van der Waals surface area contributed by atoms with Gasteiger partial charge >= 0.3 is 6.01 Å². The number of ether oxygens (including phenoxy) is 2. The first-order valence-corrected chi connectivity index (χ1v) is 20.3. The second-order valence-corrected chi connectivity index (χ2v) is 17.7. The Balaban J connectivity index is 1.33. The Morgan fingerprint density at radius 2 is 2.06 bits per heavy atom. The van der Waals surface area contributed by atoms with Crippen LogP contribution < -0.4 is 24.8 Å². The number of anilines is 2. The van der Waals surface area contributed by atoms with E-state index in [4.69, 9.17) is 36.8 Å². The molecule has 2 aromatic heterocycles. The molecule has 0 spiro atoms. The molecule has 16 heteroatoms. The van der Waals surface area contributed by atoms with E-state index in [9.17, 15) is 13.7 Å². The Hall–Kier alpha value is -3.55. The zero-order valence-corrected chi connectivity index (χ0v) is 30.7. The molecule has 4 aliphatic heterocycles. The smallest absolute Gasteiger partial charge is 0.319 e. The van der Waals surface area contributed by atoms with Crippen molar-refractivity contribution in [3.8, 4) is 29.0 Å². The van der Waals surface area contributed by atoms with E-state index in [1.165, 1.54) is 12.1 Å². The van der Waals surface area contributed by atoms with Gasteiger partial charge in [-0.3, -0.25) is 4.90 Å². The minimum absolute atomic E-state index is 0.00697. The first-order chi connectivity index (χ1) is 24.4. The molecule has 51 heavy (non-hydrogen) atoms. The maximum atomic E-state index is 17.4. The van der Waals surface area contributed by atoms with Gasteiger partial charge in [0.15, 0.2) is 11.6 Å². The lowest BCUT2D eigenvalue weighted by Crippen LogP contribution is -2.44. The molecule has 4 aromatic rings. The lowest BCUT2D eigenvalue weighted by Gasteiger charge is -2.35.